The summed E-state index contributed by atoms with van der Waals surface area (Å²) in [5.41, 5.74) is 3.80. The topological polar surface area (TPSA) is 52.6 Å². The van der Waals surface area contributed by atoms with Gasteiger partial charge in [-0.2, -0.15) is 0 Å². The molecule has 0 bridgehead atoms. The van der Waals surface area contributed by atoms with Crippen LogP contribution in [-0.2, 0) is 22.4 Å². The maximum Gasteiger partial charge on any atom is 0.322 e. The summed E-state index contributed by atoms with van der Waals surface area (Å²) in [6.45, 7) is 11.3. The molecule has 0 radical (unpaired) electrons. The molecule has 2 aromatic rings. The number of aryl methyl sites for hydroxylation is 2. The van der Waals surface area contributed by atoms with Crippen LogP contribution in [0.25, 0.3) is 0 Å². The number of hydrogen-bond donors (Lipinski definition) is 0. The molecule has 0 aliphatic heterocycles. The van der Waals surface area contributed by atoms with Crippen molar-refractivity contribution in [3.05, 3.63) is 84.0 Å². The third kappa shape index (κ3) is 5.96. The summed E-state index contributed by atoms with van der Waals surface area (Å²) in [5, 5.41) is 0. The van der Waals surface area contributed by atoms with Crippen molar-refractivity contribution in [1.29, 1.82) is 0 Å². The van der Waals surface area contributed by atoms with Gasteiger partial charge in [0, 0.05) is 0 Å². The minimum absolute atomic E-state index is 0.431. The van der Waals surface area contributed by atoms with Crippen molar-refractivity contribution in [3.8, 4) is 11.5 Å². The van der Waals surface area contributed by atoms with Crippen LogP contribution in [0.4, 0.5) is 0 Å². The van der Waals surface area contributed by atoms with Crippen molar-refractivity contribution < 1.29 is 19.1 Å². The van der Waals surface area contributed by atoms with E-state index in [1.807, 2.05) is 38.1 Å². The molecule has 4 nitrogen and oxygen atoms in total. The molecule has 0 saturated heterocycles. The molecule has 0 fully saturated rings. The first-order chi connectivity index (χ1) is 12.9. The predicted molar refractivity (Wildman–Crippen MR) is 106 cm³/mol. The van der Waals surface area contributed by atoms with Gasteiger partial charge < -0.3 is 9.47 Å². The lowest BCUT2D eigenvalue weighted by atomic mass is 10.1. The van der Waals surface area contributed by atoms with E-state index >= 15 is 0 Å². The van der Waals surface area contributed by atoms with Gasteiger partial charge in [-0.15, -0.1) is 13.2 Å². The average molecular weight is 364 g/mol. The first-order valence-electron chi connectivity index (χ1n) is 8.75. The molecular weight excluding hydrogens is 340 g/mol. The largest absolute Gasteiger partial charge is 0.426 e. The summed E-state index contributed by atoms with van der Waals surface area (Å²) >= 11 is 0. The molecule has 0 saturated carbocycles. The van der Waals surface area contributed by atoms with E-state index in [9.17, 15) is 9.59 Å². The predicted octanol–water partition coefficient (Wildman–Crippen LogP) is 4.66. The first-order valence-corrected chi connectivity index (χ1v) is 8.75. The smallest absolute Gasteiger partial charge is 0.322 e. The Kier molecular flexibility index (Phi) is 7.12. The highest BCUT2D eigenvalue weighted by Crippen LogP contribution is 2.23. The minimum Gasteiger partial charge on any atom is -0.426 e. The molecule has 2 aromatic carbocycles. The van der Waals surface area contributed by atoms with E-state index in [0.29, 0.717) is 24.3 Å². The third-order valence-corrected chi connectivity index (χ3v) is 3.90. The fourth-order valence-electron chi connectivity index (χ4n) is 2.68. The molecule has 0 amide bonds. The number of rotatable bonds is 8. The molecule has 0 aromatic heterocycles. The number of allylic oxidation sites excluding steroid dienone is 2. The van der Waals surface area contributed by atoms with Gasteiger partial charge in [-0.25, -0.2) is 0 Å². The lowest BCUT2D eigenvalue weighted by Gasteiger charge is -2.11. The number of carbonyl (C=O) groups is 2. The van der Waals surface area contributed by atoms with Gasteiger partial charge in [0.1, 0.15) is 17.9 Å². The number of ether oxygens (including phenoxy) is 2. The van der Waals surface area contributed by atoms with Crippen LogP contribution < -0.4 is 9.47 Å². The van der Waals surface area contributed by atoms with E-state index in [1.54, 1.807) is 24.3 Å². The number of esters is 2. The van der Waals surface area contributed by atoms with E-state index in [1.165, 1.54) is 0 Å². The molecule has 140 valence electrons. The molecule has 0 unspecified atom stereocenters. The number of benzene rings is 2. The molecule has 0 aliphatic rings. The monoisotopic (exact) mass is 364 g/mol. The zero-order chi connectivity index (χ0) is 19.8. The molecule has 0 spiro atoms. The summed E-state index contributed by atoms with van der Waals surface area (Å²) in [6, 6.07) is 11.0. The molecular formula is C23H24O4. The van der Waals surface area contributed by atoms with Crippen molar-refractivity contribution in [2.45, 2.75) is 33.1 Å². The van der Waals surface area contributed by atoms with E-state index < -0.39 is 18.4 Å². The van der Waals surface area contributed by atoms with Gasteiger partial charge >= 0.3 is 11.9 Å². The third-order valence-electron chi connectivity index (χ3n) is 3.90. The fourth-order valence-corrected chi connectivity index (χ4v) is 2.68. The molecule has 0 heterocycles. The molecule has 0 aliphatic carbocycles. The van der Waals surface area contributed by atoms with E-state index in [4.69, 9.17) is 9.47 Å². The quantitative estimate of drug-likeness (QED) is 0.296. The average Bonchev–Trinajstić information content (AvgIpc) is 2.60. The lowest BCUT2D eigenvalue weighted by molar-refractivity contribution is -0.144. The van der Waals surface area contributed by atoms with E-state index in [2.05, 4.69) is 13.2 Å². The van der Waals surface area contributed by atoms with Crippen LogP contribution in [0.5, 0.6) is 11.5 Å². The van der Waals surface area contributed by atoms with Gasteiger partial charge in [0.15, 0.2) is 0 Å². The molecule has 0 N–H and O–H groups in total. The fraction of sp³-hybridized carbons (Fsp3) is 0.217. The Hall–Kier alpha value is -3.14. The highest BCUT2D eigenvalue weighted by atomic mass is 16.6. The summed E-state index contributed by atoms with van der Waals surface area (Å²) in [6.07, 6.45) is 4.15. The Bertz CT molecular complexity index is 793. The Morgan fingerprint density at radius 3 is 1.59 bits per heavy atom. The highest BCUT2D eigenvalue weighted by Gasteiger charge is 2.17. The van der Waals surface area contributed by atoms with Crippen molar-refractivity contribution in [3.63, 3.8) is 0 Å². The SMILES string of the molecule is C=CCc1cc(C)ccc1OC(=O)CC(=O)Oc1ccc(C)cc1CC=C. The standard InChI is InChI=1S/C23H24O4/c1-5-7-18-13-16(3)9-11-20(18)26-22(24)15-23(25)27-21-12-10-17(4)14-19(21)8-6-2/h5-6,9-14H,1-2,7-8,15H2,3-4H3. The second kappa shape index (κ2) is 9.53. The zero-order valence-electron chi connectivity index (χ0n) is 15.8. The molecule has 0 atom stereocenters. The maximum absolute atomic E-state index is 12.2. The first kappa shape index (κ1) is 20.2. The van der Waals surface area contributed by atoms with Crippen molar-refractivity contribution >= 4 is 11.9 Å². The van der Waals surface area contributed by atoms with Gasteiger partial charge in [0.2, 0.25) is 0 Å². The number of carbonyl (C=O) groups excluding carboxylic acids is 2. The maximum atomic E-state index is 12.2. The second-order valence-corrected chi connectivity index (χ2v) is 6.33. The van der Waals surface area contributed by atoms with Gasteiger partial charge in [-0.3, -0.25) is 9.59 Å². The molecule has 27 heavy (non-hydrogen) atoms. The van der Waals surface area contributed by atoms with Gasteiger partial charge in [0.05, 0.1) is 0 Å². The van der Waals surface area contributed by atoms with E-state index in [0.717, 1.165) is 22.3 Å². The summed E-state index contributed by atoms with van der Waals surface area (Å²) < 4.78 is 10.7. The van der Waals surface area contributed by atoms with Crippen LogP contribution in [-0.4, -0.2) is 11.9 Å². The molecule has 4 heteroatoms. The molecule has 2 rings (SSSR count). The Morgan fingerprint density at radius 2 is 1.22 bits per heavy atom. The van der Waals surface area contributed by atoms with Crippen molar-refractivity contribution in [2.75, 3.05) is 0 Å². The Morgan fingerprint density at radius 1 is 0.815 bits per heavy atom. The number of hydrogen-bond acceptors (Lipinski definition) is 4. The van der Waals surface area contributed by atoms with Crippen LogP contribution in [0.2, 0.25) is 0 Å². The summed E-state index contributed by atoms with van der Waals surface area (Å²) in [5.74, 6) is -0.458. The Balaban J connectivity index is 2.03. The van der Waals surface area contributed by atoms with Crippen LogP contribution in [0.1, 0.15) is 28.7 Å². The van der Waals surface area contributed by atoms with E-state index in [-0.39, 0.29) is 0 Å². The van der Waals surface area contributed by atoms with Gasteiger partial charge in [0.25, 0.3) is 0 Å². The van der Waals surface area contributed by atoms with Gasteiger partial charge in [-0.1, -0.05) is 47.5 Å². The normalized spacial score (nSPS) is 10.1. The van der Waals surface area contributed by atoms with Crippen LogP contribution in [0.3, 0.4) is 0 Å². The van der Waals surface area contributed by atoms with Crippen LogP contribution in [0, 0.1) is 13.8 Å². The minimum atomic E-state index is -0.661. The van der Waals surface area contributed by atoms with Crippen LogP contribution in [0.15, 0.2) is 61.7 Å². The zero-order valence-corrected chi connectivity index (χ0v) is 15.8. The van der Waals surface area contributed by atoms with Gasteiger partial charge in [-0.05, 0) is 49.9 Å². The van der Waals surface area contributed by atoms with Crippen LogP contribution >= 0.6 is 0 Å². The highest BCUT2D eigenvalue weighted by molar-refractivity contribution is 5.93. The second-order valence-electron chi connectivity index (χ2n) is 6.33. The van der Waals surface area contributed by atoms with Crippen molar-refractivity contribution in [1.82, 2.24) is 0 Å². The lowest BCUT2D eigenvalue weighted by Crippen LogP contribution is -2.19. The summed E-state index contributed by atoms with van der Waals surface area (Å²) in [7, 11) is 0. The summed E-state index contributed by atoms with van der Waals surface area (Å²) in [4.78, 5) is 24.3. The Labute approximate surface area is 160 Å². The van der Waals surface area contributed by atoms with Crippen molar-refractivity contribution in [2.24, 2.45) is 0 Å².